The Labute approximate surface area is 141 Å². The van der Waals surface area contributed by atoms with Crippen LogP contribution in [-0.2, 0) is 4.79 Å². The zero-order valence-corrected chi connectivity index (χ0v) is 12.9. The number of aromatic nitrogens is 2. The number of amides is 1. The van der Waals surface area contributed by atoms with Gasteiger partial charge >= 0.3 is 5.97 Å². The summed E-state index contributed by atoms with van der Waals surface area (Å²) in [6.07, 6.45) is 1.37. The van der Waals surface area contributed by atoms with Gasteiger partial charge in [0.05, 0.1) is 5.52 Å². The van der Waals surface area contributed by atoms with Crippen molar-refractivity contribution in [1.82, 2.24) is 15.3 Å². The number of carbonyl (C=O) groups excluding carboxylic acids is 1. The average Bonchev–Trinajstić information content (AvgIpc) is 2.61. The lowest BCUT2D eigenvalue weighted by Gasteiger charge is -2.09. The number of fused-ring (bicyclic) bond motifs is 1. The summed E-state index contributed by atoms with van der Waals surface area (Å²) in [5.74, 6) is -1.55. The van der Waals surface area contributed by atoms with Gasteiger partial charge in [-0.3, -0.25) is 9.59 Å². The summed E-state index contributed by atoms with van der Waals surface area (Å²) in [7, 11) is 0. The molecule has 0 bridgehead atoms. The Morgan fingerprint density at radius 3 is 2.56 bits per heavy atom. The minimum atomic E-state index is -1.12. The van der Waals surface area contributed by atoms with E-state index < -0.39 is 24.2 Å². The van der Waals surface area contributed by atoms with Gasteiger partial charge in [-0.1, -0.05) is 0 Å². The van der Waals surface area contributed by atoms with Gasteiger partial charge in [0.15, 0.2) is 0 Å². The first-order chi connectivity index (χ1) is 12.0. The van der Waals surface area contributed by atoms with Crippen molar-refractivity contribution in [3.05, 3.63) is 60.2 Å². The normalized spacial score (nSPS) is 10.4. The van der Waals surface area contributed by atoms with Crippen molar-refractivity contribution in [3.8, 4) is 0 Å². The van der Waals surface area contributed by atoms with Crippen LogP contribution in [0.3, 0.4) is 0 Å². The highest BCUT2D eigenvalue weighted by Crippen LogP contribution is 2.23. The second-order valence-corrected chi connectivity index (χ2v) is 5.16. The molecule has 1 amide bonds. The molecule has 0 fully saturated rings. The van der Waals surface area contributed by atoms with E-state index in [1.807, 2.05) is 0 Å². The average molecular weight is 340 g/mol. The first-order valence-corrected chi connectivity index (χ1v) is 7.30. The van der Waals surface area contributed by atoms with Gasteiger partial charge in [-0.15, -0.1) is 0 Å². The molecule has 126 valence electrons. The summed E-state index contributed by atoms with van der Waals surface area (Å²) in [5, 5.41) is 14.4. The van der Waals surface area contributed by atoms with Crippen molar-refractivity contribution in [1.29, 1.82) is 0 Å². The molecule has 3 N–H and O–H groups in total. The van der Waals surface area contributed by atoms with Crippen LogP contribution in [0.2, 0.25) is 0 Å². The molecule has 25 heavy (non-hydrogen) atoms. The van der Waals surface area contributed by atoms with E-state index in [0.717, 1.165) is 0 Å². The molecule has 1 aromatic heterocycles. The van der Waals surface area contributed by atoms with E-state index in [4.69, 9.17) is 5.11 Å². The lowest BCUT2D eigenvalue weighted by atomic mass is 10.2. The maximum atomic E-state index is 13.5. The summed E-state index contributed by atoms with van der Waals surface area (Å²) in [6.45, 7) is -0.447. The molecule has 0 radical (unpaired) electrons. The molecule has 0 saturated heterocycles. The maximum absolute atomic E-state index is 13.5. The van der Waals surface area contributed by atoms with E-state index in [1.54, 1.807) is 30.3 Å². The quantitative estimate of drug-likeness (QED) is 0.658. The number of carboxylic acid groups (broad SMARTS) is 1. The summed E-state index contributed by atoms with van der Waals surface area (Å²) in [5.41, 5.74) is 1.56. The molecule has 3 rings (SSSR count). The second-order valence-electron chi connectivity index (χ2n) is 5.16. The Balaban J connectivity index is 1.79. The number of nitrogens with one attached hydrogen (secondary N) is 2. The predicted molar refractivity (Wildman–Crippen MR) is 89.2 cm³/mol. The molecule has 7 nitrogen and oxygen atoms in total. The molecule has 0 atom stereocenters. The number of carbonyl (C=O) groups is 2. The van der Waals surface area contributed by atoms with Crippen LogP contribution in [0.1, 0.15) is 10.4 Å². The number of nitrogens with zero attached hydrogens (tertiary/aromatic N) is 2. The molecule has 0 aliphatic rings. The Morgan fingerprint density at radius 1 is 1.08 bits per heavy atom. The van der Waals surface area contributed by atoms with Gasteiger partial charge in [0.2, 0.25) is 0 Å². The lowest BCUT2D eigenvalue weighted by Crippen LogP contribution is -2.29. The van der Waals surface area contributed by atoms with Crippen LogP contribution >= 0.6 is 0 Å². The molecule has 2 aromatic carbocycles. The number of aliphatic carboxylic acids is 1. The number of benzene rings is 2. The minimum absolute atomic E-state index is 0.324. The Kier molecular flexibility index (Phi) is 4.51. The fraction of sp³-hybridized carbons (Fsp3) is 0.0588. The highest BCUT2D eigenvalue weighted by molar-refractivity contribution is 5.96. The molecular formula is C17H13FN4O3. The van der Waals surface area contributed by atoms with Crippen molar-refractivity contribution in [2.24, 2.45) is 0 Å². The van der Waals surface area contributed by atoms with E-state index in [0.29, 0.717) is 28.0 Å². The van der Waals surface area contributed by atoms with Crippen LogP contribution in [0.15, 0.2) is 48.8 Å². The number of rotatable bonds is 5. The zero-order chi connectivity index (χ0) is 17.8. The minimum Gasteiger partial charge on any atom is -0.480 e. The van der Waals surface area contributed by atoms with E-state index in [9.17, 15) is 14.0 Å². The van der Waals surface area contributed by atoms with Crippen molar-refractivity contribution in [2.45, 2.75) is 0 Å². The Bertz CT molecular complexity index is 944. The standard InChI is InChI=1S/C17H13FN4O3/c18-11-3-6-14-13(7-11)16(21-9-20-14)22-12-4-1-10(2-5-12)17(25)19-8-15(23)24/h1-7,9H,8H2,(H,19,25)(H,23,24)(H,20,21,22). The highest BCUT2D eigenvalue weighted by Gasteiger charge is 2.08. The van der Waals surface area contributed by atoms with Crippen LogP contribution in [0.4, 0.5) is 15.9 Å². The second kappa shape index (κ2) is 6.91. The molecule has 0 aliphatic carbocycles. The smallest absolute Gasteiger partial charge is 0.322 e. The number of hydrogen-bond acceptors (Lipinski definition) is 5. The molecule has 3 aromatic rings. The summed E-state index contributed by atoms with van der Waals surface area (Å²) in [6, 6.07) is 10.6. The van der Waals surface area contributed by atoms with Crippen LogP contribution in [0, 0.1) is 5.82 Å². The number of halogens is 1. The number of anilines is 2. The maximum Gasteiger partial charge on any atom is 0.322 e. The fourth-order valence-electron chi connectivity index (χ4n) is 2.23. The van der Waals surface area contributed by atoms with Crippen molar-refractivity contribution >= 4 is 34.3 Å². The van der Waals surface area contributed by atoms with Gasteiger partial charge in [0.25, 0.3) is 5.91 Å². The van der Waals surface area contributed by atoms with Gasteiger partial charge < -0.3 is 15.7 Å². The summed E-state index contributed by atoms with van der Waals surface area (Å²) in [4.78, 5) is 30.4. The fourth-order valence-corrected chi connectivity index (χ4v) is 2.23. The third kappa shape index (κ3) is 3.86. The highest BCUT2D eigenvalue weighted by atomic mass is 19.1. The zero-order valence-electron chi connectivity index (χ0n) is 12.9. The van der Waals surface area contributed by atoms with Crippen LogP contribution in [-0.4, -0.2) is 33.5 Å². The van der Waals surface area contributed by atoms with Crippen LogP contribution in [0.25, 0.3) is 10.9 Å². The van der Waals surface area contributed by atoms with Gasteiger partial charge in [0, 0.05) is 16.6 Å². The first kappa shape index (κ1) is 16.3. The Hall–Kier alpha value is -3.55. The molecule has 0 spiro atoms. The largest absolute Gasteiger partial charge is 0.480 e. The lowest BCUT2D eigenvalue weighted by molar-refractivity contribution is -0.135. The van der Waals surface area contributed by atoms with Gasteiger partial charge in [-0.05, 0) is 42.5 Å². The van der Waals surface area contributed by atoms with Gasteiger partial charge in [-0.2, -0.15) is 0 Å². The molecule has 1 heterocycles. The summed E-state index contributed by atoms with van der Waals surface area (Å²) >= 11 is 0. The van der Waals surface area contributed by atoms with Gasteiger partial charge in [-0.25, -0.2) is 14.4 Å². The van der Waals surface area contributed by atoms with E-state index >= 15 is 0 Å². The first-order valence-electron chi connectivity index (χ1n) is 7.30. The van der Waals surface area contributed by atoms with E-state index in [-0.39, 0.29) is 0 Å². The monoisotopic (exact) mass is 340 g/mol. The van der Waals surface area contributed by atoms with Crippen molar-refractivity contribution in [3.63, 3.8) is 0 Å². The topological polar surface area (TPSA) is 104 Å². The molecule has 0 saturated carbocycles. The summed E-state index contributed by atoms with van der Waals surface area (Å²) < 4.78 is 13.5. The molecule has 0 unspecified atom stereocenters. The molecular weight excluding hydrogens is 327 g/mol. The number of carboxylic acids is 1. The molecule has 8 heteroatoms. The molecule has 0 aliphatic heterocycles. The van der Waals surface area contributed by atoms with Crippen molar-refractivity contribution in [2.75, 3.05) is 11.9 Å². The third-order valence-electron chi connectivity index (χ3n) is 3.41. The predicted octanol–water partition coefficient (Wildman–Crippen LogP) is 2.33. The van der Waals surface area contributed by atoms with Crippen LogP contribution < -0.4 is 10.6 Å². The van der Waals surface area contributed by atoms with Gasteiger partial charge in [0.1, 0.15) is 24.5 Å². The SMILES string of the molecule is O=C(O)CNC(=O)c1ccc(Nc2ncnc3ccc(F)cc23)cc1. The van der Waals surface area contributed by atoms with Crippen LogP contribution in [0.5, 0.6) is 0 Å². The van der Waals surface area contributed by atoms with E-state index in [2.05, 4.69) is 20.6 Å². The number of hydrogen-bond donors (Lipinski definition) is 3. The van der Waals surface area contributed by atoms with Crippen molar-refractivity contribution < 1.29 is 19.1 Å². The van der Waals surface area contributed by atoms with E-state index in [1.165, 1.54) is 18.5 Å². The third-order valence-corrected chi connectivity index (χ3v) is 3.41. The Morgan fingerprint density at radius 2 is 1.84 bits per heavy atom.